The summed E-state index contributed by atoms with van der Waals surface area (Å²) >= 11 is 0. The molecule has 0 aliphatic rings. The standard InChI is InChI=1S/C13H20N4O/c1-5-17-13(15-8-16-17)7-12(14-4)11-6-9(2)18-10(11)3/h6,8,12,14H,5,7H2,1-4H3. The molecule has 0 aromatic carbocycles. The van der Waals surface area contributed by atoms with E-state index in [0.29, 0.717) is 0 Å². The van der Waals surface area contributed by atoms with Crippen LogP contribution in [0.25, 0.3) is 0 Å². The summed E-state index contributed by atoms with van der Waals surface area (Å²) in [7, 11) is 1.96. The first-order valence-corrected chi connectivity index (χ1v) is 6.26. The molecule has 98 valence electrons. The van der Waals surface area contributed by atoms with Crippen LogP contribution < -0.4 is 5.32 Å². The number of aromatic nitrogens is 3. The predicted octanol–water partition coefficient (Wildman–Crippen LogP) is 2.01. The van der Waals surface area contributed by atoms with Gasteiger partial charge in [-0.1, -0.05) is 0 Å². The van der Waals surface area contributed by atoms with Gasteiger partial charge >= 0.3 is 0 Å². The summed E-state index contributed by atoms with van der Waals surface area (Å²) in [5.74, 6) is 2.91. The molecule has 5 nitrogen and oxygen atoms in total. The third kappa shape index (κ3) is 2.46. The molecule has 1 atom stereocenters. The molecule has 0 saturated heterocycles. The average molecular weight is 248 g/mol. The van der Waals surface area contributed by atoms with Gasteiger partial charge in [-0.15, -0.1) is 0 Å². The molecule has 0 bridgehead atoms. The highest BCUT2D eigenvalue weighted by Crippen LogP contribution is 2.23. The molecule has 1 N–H and O–H groups in total. The average Bonchev–Trinajstić information content (AvgIpc) is 2.92. The summed E-state index contributed by atoms with van der Waals surface area (Å²) in [6, 6.07) is 2.29. The van der Waals surface area contributed by atoms with Gasteiger partial charge in [0.2, 0.25) is 0 Å². The Morgan fingerprint density at radius 1 is 1.44 bits per heavy atom. The van der Waals surface area contributed by atoms with Gasteiger partial charge in [-0.3, -0.25) is 4.68 Å². The summed E-state index contributed by atoms with van der Waals surface area (Å²) < 4.78 is 7.51. The van der Waals surface area contributed by atoms with E-state index in [0.717, 1.165) is 30.3 Å². The van der Waals surface area contributed by atoms with Crippen LogP contribution in [-0.4, -0.2) is 21.8 Å². The zero-order chi connectivity index (χ0) is 13.1. The van der Waals surface area contributed by atoms with E-state index in [9.17, 15) is 0 Å². The Morgan fingerprint density at radius 3 is 2.78 bits per heavy atom. The van der Waals surface area contributed by atoms with Crippen molar-refractivity contribution in [2.45, 2.75) is 39.8 Å². The number of hydrogen-bond donors (Lipinski definition) is 1. The molecule has 18 heavy (non-hydrogen) atoms. The second-order valence-corrected chi connectivity index (χ2v) is 4.41. The Labute approximate surface area is 107 Å². The second-order valence-electron chi connectivity index (χ2n) is 4.41. The topological polar surface area (TPSA) is 55.9 Å². The lowest BCUT2D eigenvalue weighted by atomic mass is 10.0. The molecule has 5 heteroatoms. The lowest BCUT2D eigenvalue weighted by Gasteiger charge is -2.15. The summed E-state index contributed by atoms with van der Waals surface area (Å²) in [6.45, 7) is 6.88. The van der Waals surface area contributed by atoms with Gasteiger partial charge in [0, 0.05) is 24.6 Å². The zero-order valence-electron chi connectivity index (χ0n) is 11.4. The number of hydrogen-bond acceptors (Lipinski definition) is 4. The zero-order valence-corrected chi connectivity index (χ0v) is 11.4. The van der Waals surface area contributed by atoms with Crippen molar-refractivity contribution in [3.8, 4) is 0 Å². The number of nitrogens with one attached hydrogen (secondary N) is 1. The van der Waals surface area contributed by atoms with Crippen LogP contribution in [0.15, 0.2) is 16.8 Å². The van der Waals surface area contributed by atoms with Crippen molar-refractivity contribution >= 4 is 0 Å². The van der Waals surface area contributed by atoms with Crippen LogP contribution in [-0.2, 0) is 13.0 Å². The molecule has 0 amide bonds. The Balaban J connectivity index is 2.22. The number of likely N-dealkylation sites (N-methyl/N-ethyl adjacent to an activating group) is 1. The van der Waals surface area contributed by atoms with Gasteiger partial charge < -0.3 is 9.73 Å². The van der Waals surface area contributed by atoms with E-state index < -0.39 is 0 Å². The normalized spacial score (nSPS) is 12.9. The molecule has 0 spiro atoms. The largest absolute Gasteiger partial charge is 0.466 e. The first-order chi connectivity index (χ1) is 8.65. The maximum absolute atomic E-state index is 5.59. The molecule has 2 rings (SSSR count). The maximum Gasteiger partial charge on any atom is 0.138 e. The molecule has 0 saturated carbocycles. The van der Waals surface area contributed by atoms with Crippen molar-refractivity contribution < 1.29 is 4.42 Å². The first kappa shape index (κ1) is 12.8. The SMILES string of the molecule is CCn1ncnc1CC(NC)c1cc(C)oc1C. The Hall–Kier alpha value is -1.62. The summed E-state index contributed by atoms with van der Waals surface area (Å²) in [5, 5.41) is 7.52. The monoisotopic (exact) mass is 248 g/mol. The van der Waals surface area contributed by atoms with Crippen LogP contribution >= 0.6 is 0 Å². The minimum absolute atomic E-state index is 0.206. The van der Waals surface area contributed by atoms with Gasteiger partial charge in [-0.2, -0.15) is 5.10 Å². The highest BCUT2D eigenvalue weighted by molar-refractivity contribution is 5.25. The van der Waals surface area contributed by atoms with Gasteiger partial charge in [0.1, 0.15) is 23.7 Å². The number of furan rings is 1. The van der Waals surface area contributed by atoms with E-state index >= 15 is 0 Å². The third-order valence-electron chi connectivity index (χ3n) is 3.19. The fraction of sp³-hybridized carbons (Fsp3) is 0.538. The molecular formula is C13H20N4O. The lowest BCUT2D eigenvalue weighted by molar-refractivity contribution is 0.484. The van der Waals surface area contributed by atoms with E-state index in [-0.39, 0.29) is 6.04 Å². The summed E-state index contributed by atoms with van der Waals surface area (Å²) in [4.78, 5) is 4.32. The van der Waals surface area contributed by atoms with Crippen molar-refractivity contribution in [1.82, 2.24) is 20.1 Å². The Morgan fingerprint density at radius 2 is 2.22 bits per heavy atom. The molecule has 0 aliphatic carbocycles. The molecule has 0 fully saturated rings. The maximum atomic E-state index is 5.59. The highest BCUT2D eigenvalue weighted by atomic mass is 16.3. The quantitative estimate of drug-likeness (QED) is 0.879. The van der Waals surface area contributed by atoms with Crippen molar-refractivity contribution in [3.05, 3.63) is 35.3 Å². The van der Waals surface area contributed by atoms with E-state index in [1.165, 1.54) is 5.56 Å². The van der Waals surface area contributed by atoms with Crippen LogP contribution in [0.4, 0.5) is 0 Å². The smallest absolute Gasteiger partial charge is 0.138 e. The number of rotatable bonds is 5. The van der Waals surface area contributed by atoms with Gasteiger partial charge in [0.05, 0.1) is 0 Å². The number of aryl methyl sites for hydroxylation is 3. The molecule has 0 radical (unpaired) electrons. The first-order valence-electron chi connectivity index (χ1n) is 6.26. The molecular weight excluding hydrogens is 228 g/mol. The van der Waals surface area contributed by atoms with E-state index in [4.69, 9.17) is 4.42 Å². The number of nitrogens with zero attached hydrogens (tertiary/aromatic N) is 3. The van der Waals surface area contributed by atoms with E-state index in [2.05, 4.69) is 28.4 Å². The molecule has 1 unspecified atom stereocenters. The second kappa shape index (κ2) is 5.35. The predicted molar refractivity (Wildman–Crippen MR) is 69.4 cm³/mol. The van der Waals surface area contributed by atoms with Crippen molar-refractivity contribution in [1.29, 1.82) is 0 Å². The van der Waals surface area contributed by atoms with Crippen LogP contribution in [0.3, 0.4) is 0 Å². The van der Waals surface area contributed by atoms with Crippen molar-refractivity contribution in [3.63, 3.8) is 0 Å². The highest BCUT2D eigenvalue weighted by Gasteiger charge is 2.18. The van der Waals surface area contributed by atoms with Crippen LogP contribution in [0.2, 0.25) is 0 Å². The summed E-state index contributed by atoms with van der Waals surface area (Å²) in [6.07, 6.45) is 2.42. The van der Waals surface area contributed by atoms with E-state index in [1.807, 2.05) is 25.6 Å². The van der Waals surface area contributed by atoms with Gasteiger partial charge in [0.25, 0.3) is 0 Å². The third-order valence-corrected chi connectivity index (χ3v) is 3.19. The van der Waals surface area contributed by atoms with Gasteiger partial charge in [-0.25, -0.2) is 4.98 Å². The van der Waals surface area contributed by atoms with Crippen molar-refractivity contribution in [2.75, 3.05) is 7.05 Å². The fourth-order valence-corrected chi connectivity index (χ4v) is 2.26. The minimum atomic E-state index is 0.206. The summed E-state index contributed by atoms with van der Waals surface area (Å²) in [5.41, 5.74) is 1.20. The molecule has 0 aliphatic heterocycles. The van der Waals surface area contributed by atoms with Crippen molar-refractivity contribution in [2.24, 2.45) is 0 Å². The minimum Gasteiger partial charge on any atom is -0.466 e. The van der Waals surface area contributed by atoms with Gasteiger partial charge in [0.15, 0.2) is 0 Å². The molecule has 2 aromatic rings. The van der Waals surface area contributed by atoms with Crippen LogP contribution in [0.5, 0.6) is 0 Å². The lowest BCUT2D eigenvalue weighted by Crippen LogP contribution is -2.21. The van der Waals surface area contributed by atoms with Crippen LogP contribution in [0, 0.1) is 13.8 Å². The molecule has 2 heterocycles. The van der Waals surface area contributed by atoms with Gasteiger partial charge in [-0.05, 0) is 33.9 Å². The Bertz CT molecular complexity index is 515. The van der Waals surface area contributed by atoms with Crippen LogP contribution in [0.1, 0.15) is 35.9 Å². The Kier molecular flexibility index (Phi) is 3.81. The molecule has 2 aromatic heterocycles. The van der Waals surface area contributed by atoms with E-state index in [1.54, 1.807) is 6.33 Å². The fourth-order valence-electron chi connectivity index (χ4n) is 2.26.